The summed E-state index contributed by atoms with van der Waals surface area (Å²) in [6.07, 6.45) is 32.2. The third-order valence-electron chi connectivity index (χ3n) is 17.1. The number of rotatable bonds is 38. The number of hydrogen-bond acceptors (Lipinski definition) is 15. The van der Waals surface area contributed by atoms with Gasteiger partial charge in [0.1, 0.15) is 0 Å². The van der Waals surface area contributed by atoms with Crippen LogP contribution in [-0.2, 0) is 71.6 Å². The molecule has 5 saturated heterocycles. The van der Waals surface area contributed by atoms with Crippen molar-refractivity contribution in [2.24, 2.45) is 35.5 Å². The zero-order valence-corrected chi connectivity index (χ0v) is 57.5. The third kappa shape index (κ3) is 36.4. The van der Waals surface area contributed by atoms with E-state index in [4.69, 9.17) is 23.7 Å². The average Bonchev–Trinajstić information content (AvgIpc) is 4.56. The predicted molar refractivity (Wildman–Crippen MR) is 346 cm³/mol. The topological polar surface area (TPSA) is 233 Å². The summed E-state index contributed by atoms with van der Waals surface area (Å²) in [7, 11) is 6.91. The molecule has 514 valence electrons. The maximum atomic E-state index is 11.8. The lowest BCUT2D eigenvalue weighted by molar-refractivity contribution is -0.150. The summed E-state index contributed by atoms with van der Waals surface area (Å²) in [5.41, 5.74) is 0. The van der Waals surface area contributed by atoms with Crippen LogP contribution in [0.4, 0.5) is 0 Å². The quantitative estimate of drug-likeness (QED) is 0.0318. The predicted octanol–water partition coefficient (Wildman–Crippen LogP) is 11.3. The Kier molecular flexibility index (Phi) is 46.2. The molecule has 5 amide bonds. The molecule has 0 bridgehead atoms. The molecule has 89 heavy (non-hydrogen) atoms. The van der Waals surface area contributed by atoms with Crippen LogP contribution in [0.1, 0.15) is 248 Å². The smallest absolute Gasteiger partial charge is 0.311 e. The van der Waals surface area contributed by atoms with Gasteiger partial charge in [-0.3, -0.25) is 47.9 Å². The molecule has 0 saturated carbocycles. The second-order valence-corrected chi connectivity index (χ2v) is 25.1. The van der Waals surface area contributed by atoms with Crippen LogP contribution in [0.15, 0.2) is 0 Å². The molecular formula is C69H123N5O15. The minimum atomic E-state index is -0.258. The number of esters is 5. The minimum absolute atomic E-state index is 0.0351. The van der Waals surface area contributed by atoms with E-state index in [2.05, 4.69) is 34.6 Å². The van der Waals surface area contributed by atoms with Crippen LogP contribution in [0.25, 0.3) is 0 Å². The molecular weight excluding hydrogens is 1140 g/mol. The summed E-state index contributed by atoms with van der Waals surface area (Å²) in [6.45, 7) is 20.6. The van der Waals surface area contributed by atoms with Crippen molar-refractivity contribution in [2.45, 2.75) is 248 Å². The van der Waals surface area contributed by atoms with Crippen molar-refractivity contribution in [2.75, 3.05) is 100 Å². The first-order chi connectivity index (χ1) is 42.7. The number of nitrogens with zero attached hydrogens (tertiary/aromatic N) is 5. The van der Waals surface area contributed by atoms with Gasteiger partial charge in [0.05, 0.1) is 62.6 Å². The van der Waals surface area contributed by atoms with Crippen LogP contribution < -0.4 is 0 Å². The highest BCUT2D eigenvalue weighted by atomic mass is 16.5. The molecule has 5 heterocycles. The van der Waals surface area contributed by atoms with E-state index < -0.39 is 0 Å². The molecule has 0 aromatic carbocycles. The number of amides is 5. The van der Waals surface area contributed by atoms with Crippen LogP contribution in [0.3, 0.4) is 0 Å². The summed E-state index contributed by atoms with van der Waals surface area (Å²) in [4.78, 5) is 123. The number of ether oxygens (including phenoxy) is 5. The highest BCUT2D eigenvalue weighted by Crippen LogP contribution is 2.23. The van der Waals surface area contributed by atoms with Gasteiger partial charge in [-0.05, 0) is 44.9 Å². The SMILES string of the molecule is CCCCC(CC)COC(=O)C1CC(=O)N(C)C1.CCCCCCCCCCCCOC(=O)C1CC(=O)N(C)C1.CCCCCCCCOC(=O)C1CC(=O)N(C)C1.CCCCCCOC(=O)C1CC(=O)N(C)C1.CCCCOC(=O)C1CC(=O)N(CC)C1. The molecule has 0 N–H and O–H groups in total. The Balaban J connectivity index is 0.000000559. The fourth-order valence-corrected chi connectivity index (χ4v) is 10.8. The molecule has 5 rings (SSSR count). The third-order valence-corrected chi connectivity index (χ3v) is 17.1. The van der Waals surface area contributed by atoms with Crippen molar-refractivity contribution in [3.63, 3.8) is 0 Å². The Morgan fingerprint density at radius 1 is 0.337 bits per heavy atom. The number of hydrogen-bond donors (Lipinski definition) is 0. The van der Waals surface area contributed by atoms with E-state index in [1.165, 1.54) is 103 Å². The lowest BCUT2D eigenvalue weighted by Crippen LogP contribution is -2.26. The van der Waals surface area contributed by atoms with Crippen molar-refractivity contribution in [3.8, 4) is 0 Å². The zero-order valence-electron chi connectivity index (χ0n) is 57.5. The molecule has 0 aromatic heterocycles. The van der Waals surface area contributed by atoms with E-state index in [1.807, 2.05) is 13.8 Å². The van der Waals surface area contributed by atoms with E-state index in [0.29, 0.717) is 110 Å². The summed E-state index contributed by atoms with van der Waals surface area (Å²) in [5.74, 6) is -1.61. The van der Waals surface area contributed by atoms with Crippen molar-refractivity contribution < 1.29 is 71.6 Å². The lowest BCUT2D eigenvalue weighted by Gasteiger charge is -2.16. The Morgan fingerprint density at radius 3 is 0.865 bits per heavy atom. The van der Waals surface area contributed by atoms with Gasteiger partial charge in [-0.25, -0.2) is 0 Å². The first-order valence-corrected chi connectivity index (χ1v) is 34.8. The van der Waals surface area contributed by atoms with Gasteiger partial charge in [-0.15, -0.1) is 0 Å². The van der Waals surface area contributed by atoms with E-state index in [-0.39, 0.29) is 89.0 Å². The van der Waals surface area contributed by atoms with Crippen molar-refractivity contribution in [1.29, 1.82) is 0 Å². The molecule has 6 atom stereocenters. The number of carbonyl (C=O) groups is 10. The first kappa shape index (κ1) is 81.7. The minimum Gasteiger partial charge on any atom is -0.465 e. The second-order valence-electron chi connectivity index (χ2n) is 25.1. The summed E-state index contributed by atoms with van der Waals surface area (Å²) >= 11 is 0. The van der Waals surface area contributed by atoms with Crippen LogP contribution in [-0.4, -0.2) is 184 Å². The largest absolute Gasteiger partial charge is 0.465 e. The fraction of sp³-hybridized carbons (Fsp3) is 0.855. The summed E-state index contributed by atoms with van der Waals surface area (Å²) in [6, 6.07) is 0. The molecule has 0 radical (unpaired) electrons. The van der Waals surface area contributed by atoms with Gasteiger partial charge in [0, 0.05) is 99.6 Å². The monoisotopic (exact) mass is 1260 g/mol. The molecule has 0 spiro atoms. The number of unbranched alkanes of at least 4 members (excludes halogenated alkanes) is 19. The van der Waals surface area contributed by atoms with Crippen LogP contribution in [0, 0.1) is 35.5 Å². The Bertz CT molecular complexity index is 2040. The number of carbonyl (C=O) groups excluding carboxylic acids is 10. The normalized spacial score (nSPS) is 19.8. The average molecular weight is 1260 g/mol. The van der Waals surface area contributed by atoms with Gasteiger partial charge in [0.2, 0.25) is 29.5 Å². The molecule has 20 heteroatoms. The van der Waals surface area contributed by atoms with E-state index in [9.17, 15) is 47.9 Å². The molecule has 5 aliphatic rings. The summed E-state index contributed by atoms with van der Waals surface area (Å²) < 4.78 is 26.1. The highest BCUT2D eigenvalue weighted by Gasteiger charge is 2.37. The van der Waals surface area contributed by atoms with Gasteiger partial charge < -0.3 is 48.2 Å². The lowest BCUT2D eigenvalue weighted by atomic mass is 10.0. The molecule has 5 fully saturated rings. The Hall–Kier alpha value is -5.30. The van der Waals surface area contributed by atoms with Crippen molar-refractivity contribution >= 4 is 59.4 Å². The van der Waals surface area contributed by atoms with Gasteiger partial charge >= 0.3 is 29.8 Å². The number of likely N-dealkylation sites (tertiary alicyclic amines) is 5. The molecule has 0 aromatic rings. The van der Waals surface area contributed by atoms with E-state index in [1.54, 1.807) is 52.7 Å². The maximum Gasteiger partial charge on any atom is 0.311 e. The van der Waals surface area contributed by atoms with E-state index in [0.717, 1.165) is 64.2 Å². The van der Waals surface area contributed by atoms with Gasteiger partial charge in [0.25, 0.3) is 0 Å². The van der Waals surface area contributed by atoms with Crippen LogP contribution in [0.2, 0.25) is 0 Å². The Morgan fingerprint density at radius 2 is 0.596 bits per heavy atom. The highest BCUT2D eigenvalue weighted by molar-refractivity contribution is 5.89. The first-order valence-electron chi connectivity index (χ1n) is 34.8. The van der Waals surface area contributed by atoms with Gasteiger partial charge in [-0.1, -0.05) is 176 Å². The summed E-state index contributed by atoms with van der Waals surface area (Å²) in [5, 5.41) is 0. The van der Waals surface area contributed by atoms with Crippen molar-refractivity contribution in [1.82, 2.24) is 24.5 Å². The second kappa shape index (κ2) is 50.4. The van der Waals surface area contributed by atoms with Crippen molar-refractivity contribution in [3.05, 3.63) is 0 Å². The van der Waals surface area contributed by atoms with Crippen LogP contribution >= 0.6 is 0 Å². The zero-order chi connectivity index (χ0) is 66.4. The molecule has 5 aliphatic heterocycles. The van der Waals surface area contributed by atoms with Gasteiger partial charge in [0.15, 0.2) is 0 Å². The fourth-order valence-electron chi connectivity index (χ4n) is 10.8. The molecule has 20 nitrogen and oxygen atoms in total. The van der Waals surface area contributed by atoms with Crippen LogP contribution in [0.5, 0.6) is 0 Å². The standard InChI is InChI=1S/C18H33NO3.2C14H25NO3.C12H21NO3.C11H19NO3/c1-3-4-5-6-7-8-9-10-11-12-13-22-18(21)16-14-17(20)19(2)15-16;1-4-6-7-11(5-2)10-18-14(17)12-8-13(16)15(3)9-12;1-3-4-5-6-7-8-9-18-14(17)12-10-13(16)15(2)11-12;1-3-4-5-6-7-16-12(15)10-8-11(14)13(2)9-10;1-3-5-6-15-11(14)9-7-10(13)12(4-2)8-9/h16H,3-15H2,1-2H3;11-12H,4-10H2,1-3H3;12H,3-11H2,1-2H3;10H,3-9H2,1-2H3;9H,3-8H2,1-2H3. The van der Waals surface area contributed by atoms with Gasteiger partial charge in [-0.2, -0.15) is 0 Å². The van der Waals surface area contributed by atoms with E-state index >= 15 is 0 Å². The Labute approximate surface area is 537 Å². The molecule has 0 aliphatic carbocycles. The molecule has 6 unspecified atom stereocenters. The maximum absolute atomic E-state index is 11.8.